The van der Waals surface area contributed by atoms with Crippen molar-refractivity contribution in [1.82, 2.24) is 29.1 Å². The number of carbonyl (C=O) groups excluding carboxylic acids is 2. The number of anilines is 3. The van der Waals surface area contributed by atoms with Gasteiger partial charge in [-0.1, -0.05) is 79.9 Å². The van der Waals surface area contributed by atoms with E-state index in [1.165, 1.54) is 87.5 Å². The molecule has 0 unspecified atom stereocenters. The molecule has 464 valence electrons. The molecule has 0 radical (unpaired) electrons. The summed E-state index contributed by atoms with van der Waals surface area (Å²) in [6.45, 7) is 3.30. The first-order chi connectivity index (χ1) is 43.0. The van der Waals surface area contributed by atoms with Crippen molar-refractivity contribution in [2.75, 3.05) is 23.8 Å². The number of halogens is 9. The Morgan fingerprint density at radius 2 is 1.02 bits per heavy atom. The van der Waals surface area contributed by atoms with Crippen LogP contribution < -0.4 is 21.8 Å². The third kappa shape index (κ3) is 16.5. The van der Waals surface area contributed by atoms with Gasteiger partial charge in [0, 0.05) is 84.4 Å². The number of fused-ring (bicyclic) bond motifs is 2. The highest BCUT2D eigenvalue weighted by Crippen LogP contribution is 2.36. The molecule has 7 heterocycles. The number of nitrogens with one attached hydrogen (secondary N) is 2. The Morgan fingerprint density at radius 3 is 1.49 bits per heavy atom. The zero-order valence-corrected chi connectivity index (χ0v) is 50.0. The molecular weight excluding hydrogens is 1200 g/mol. The Hall–Kier alpha value is -8.33. The largest absolute Gasteiger partial charge is 0.382 e. The van der Waals surface area contributed by atoms with Gasteiger partial charge in [-0.2, -0.15) is 0 Å². The maximum atomic E-state index is 14.5. The van der Waals surface area contributed by atoms with Crippen LogP contribution in [0.15, 0.2) is 131 Å². The summed E-state index contributed by atoms with van der Waals surface area (Å²) >= 11 is 11.8. The Balaban J connectivity index is 0.000000146. The monoisotopic (exact) mass is 1260 g/mol. The SMILES string of the molecule is C1CCOC1.CC(=O)Cc1c(F)cccc1F.O=Cc1cnc(Cl)cc1NC1CCCC1.O=c1c(-c2c(F)cccc2F)cc2cnc(Cl)cc2n1C1CCCC1.O=c1c(-c2c(F)cccc2F)cc2cnc(Nc3ccc(F)cn3)cc2n1C1CCCC1. The van der Waals surface area contributed by atoms with E-state index in [-0.39, 0.29) is 57.3 Å². The van der Waals surface area contributed by atoms with E-state index in [0.717, 1.165) is 132 Å². The highest BCUT2D eigenvalue weighted by Gasteiger charge is 2.27. The molecule has 3 aliphatic carbocycles. The van der Waals surface area contributed by atoms with Gasteiger partial charge in [-0.05, 0) is 131 Å². The second-order valence-electron chi connectivity index (χ2n) is 22.0. The highest BCUT2D eigenvalue weighted by atomic mass is 35.5. The summed E-state index contributed by atoms with van der Waals surface area (Å²) in [5, 5.41) is 8.27. The molecule has 2 N–H and O–H groups in total. The van der Waals surface area contributed by atoms with Crippen molar-refractivity contribution in [2.45, 2.75) is 121 Å². The predicted octanol–water partition coefficient (Wildman–Crippen LogP) is 16.6. The molecule has 3 aromatic carbocycles. The highest BCUT2D eigenvalue weighted by molar-refractivity contribution is 6.30. The van der Waals surface area contributed by atoms with Gasteiger partial charge >= 0.3 is 0 Å². The van der Waals surface area contributed by atoms with E-state index in [0.29, 0.717) is 50.2 Å². The molecule has 22 heteroatoms. The van der Waals surface area contributed by atoms with E-state index in [1.54, 1.807) is 33.5 Å². The maximum absolute atomic E-state index is 14.5. The van der Waals surface area contributed by atoms with Crippen molar-refractivity contribution >= 4 is 74.4 Å². The lowest BCUT2D eigenvalue weighted by molar-refractivity contribution is -0.116. The fraction of sp³-hybridized carbons (Fsp3) is 0.313. The van der Waals surface area contributed by atoms with Gasteiger partial charge in [-0.15, -0.1) is 0 Å². The topological polar surface area (TPSA) is 163 Å². The molecule has 0 amide bonds. The maximum Gasteiger partial charge on any atom is 0.259 e. The van der Waals surface area contributed by atoms with Crippen LogP contribution in [0.2, 0.25) is 10.3 Å². The number of pyridine rings is 6. The van der Waals surface area contributed by atoms with Gasteiger partial charge in [0.1, 0.15) is 68.4 Å². The van der Waals surface area contributed by atoms with Crippen molar-refractivity contribution in [1.29, 1.82) is 0 Å². The van der Waals surface area contributed by atoms with Crippen LogP contribution >= 0.6 is 23.2 Å². The van der Waals surface area contributed by atoms with E-state index in [9.17, 15) is 49.9 Å². The lowest BCUT2D eigenvalue weighted by atomic mass is 10.0. The van der Waals surface area contributed by atoms with Crippen LogP contribution in [-0.4, -0.2) is 60.4 Å². The molecule has 4 aliphatic rings. The molecular formula is C67H63Cl2F7N8O5. The number of rotatable bonds is 11. The van der Waals surface area contributed by atoms with Gasteiger partial charge in [-0.25, -0.2) is 50.7 Å². The number of hydrogen-bond acceptors (Lipinski definition) is 11. The summed E-state index contributed by atoms with van der Waals surface area (Å²) in [5.41, 5.74) is 1.02. The minimum atomic E-state index is -0.784. The molecule has 6 aromatic heterocycles. The quantitative estimate of drug-likeness (QED) is 0.0720. The third-order valence-corrected chi connectivity index (χ3v) is 16.1. The minimum absolute atomic E-state index is 0.00301. The van der Waals surface area contributed by atoms with Gasteiger partial charge in [0.15, 0.2) is 6.29 Å². The number of ketones is 1. The lowest BCUT2D eigenvalue weighted by Gasteiger charge is -2.19. The summed E-state index contributed by atoms with van der Waals surface area (Å²) < 4.78 is 105. The fourth-order valence-corrected chi connectivity index (χ4v) is 11.7. The second-order valence-corrected chi connectivity index (χ2v) is 22.7. The second kappa shape index (κ2) is 30.7. The molecule has 13 nitrogen and oxygen atoms in total. The van der Waals surface area contributed by atoms with Gasteiger partial charge in [0.2, 0.25) is 0 Å². The number of carbonyl (C=O) groups is 2. The first-order valence-electron chi connectivity index (χ1n) is 29.4. The Morgan fingerprint density at radius 1 is 0.562 bits per heavy atom. The number of aldehydes is 1. The van der Waals surface area contributed by atoms with Crippen molar-refractivity contribution in [3.63, 3.8) is 0 Å². The first kappa shape index (κ1) is 65.1. The molecule has 13 rings (SSSR count). The Labute approximate surface area is 518 Å². The number of ether oxygens (including phenoxy) is 1. The van der Waals surface area contributed by atoms with Crippen LogP contribution in [0.1, 0.15) is 125 Å². The van der Waals surface area contributed by atoms with Gasteiger partial charge in [0.25, 0.3) is 11.1 Å². The van der Waals surface area contributed by atoms with Gasteiger partial charge in [0.05, 0.1) is 45.0 Å². The number of Topliss-reactive ketones (excluding diaryl/α,β-unsaturated/α-hetero) is 1. The smallest absolute Gasteiger partial charge is 0.259 e. The van der Waals surface area contributed by atoms with Crippen LogP contribution in [0.25, 0.3) is 44.1 Å². The zero-order chi connectivity index (χ0) is 63.1. The predicted molar refractivity (Wildman–Crippen MR) is 332 cm³/mol. The summed E-state index contributed by atoms with van der Waals surface area (Å²) in [5.74, 6) is -4.28. The summed E-state index contributed by atoms with van der Waals surface area (Å²) in [6, 6.07) is 21.9. The van der Waals surface area contributed by atoms with Crippen LogP contribution in [0.4, 0.5) is 48.1 Å². The van der Waals surface area contributed by atoms with Gasteiger partial charge < -0.3 is 24.5 Å². The molecule has 3 saturated carbocycles. The number of nitrogens with zero attached hydrogens (tertiary/aromatic N) is 6. The normalized spacial score (nSPS) is 14.9. The van der Waals surface area contributed by atoms with Crippen molar-refractivity contribution in [2.24, 2.45) is 0 Å². The van der Waals surface area contributed by atoms with Gasteiger partial charge in [-0.3, -0.25) is 19.2 Å². The molecule has 1 aliphatic heterocycles. The van der Waals surface area contributed by atoms with E-state index in [2.05, 4.69) is 30.6 Å². The minimum Gasteiger partial charge on any atom is -0.382 e. The molecule has 4 fully saturated rings. The summed E-state index contributed by atoms with van der Waals surface area (Å²) in [7, 11) is 0. The number of benzene rings is 3. The molecule has 0 spiro atoms. The molecule has 9 aromatic rings. The van der Waals surface area contributed by atoms with Crippen molar-refractivity contribution in [3.8, 4) is 22.3 Å². The van der Waals surface area contributed by atoms with Crippen molar-refractivity contribution < 1.29 is 45.1 Å². The number of hydrogen-bond donors (Lipinski definition) is 2. The van der Waals surface area contributed by atoms with E-state index in [1.807, 2.05) is 0 Å². The summed E-state index contributed by atoms with van der Waals surface area (Å²) in [4.78, 5) is 64.3. The van der Waals surface area contributed by atoms with Crippen molar-refractivity contribution in [3.05, 3.63) is 205 Å². The van der Waals surface area contributed by atoms with Crippen LogP contribution in [0, 0.1) is 40.7 Å². The average molecular weight is 1260 g/mol. The van der Waals surface area contributed by atoms with E-state index in [4.69, 9.17) is 27.9 Å². The Kier molecular flexibility index (Phi) is 22.5. The average Bonchev–Trinajstić information content (AvgIpc) is 1.45. The number of aromatic nitrogens is 6. The molecule has 0 atom stereocenters. The first-order valence-corrected chi connectivity index (χ1v) is 30.1. The van der Waals surface area contributed by atoms with Crippen LogP contribution in [-0.2, 0) is 16.0 Å². The van der Waals surface area contributed by atoms with Crippen LogP contribution in [0.5, 0.6) is 0 Å². The molecule has 1 saturated heterocycles. The summed E-state index contributed by atoms with van der Waals surface area (Å²) in [6.07, 6.45) is 21.0. The third-order valence-electron chi connectivity index (χ3n) is 15.7. The zero-order valence-electron chi connectivity index (χ0n) is 48.5. The van der Waals surface area contributed by atoms with E-state index < -0.39 is 51.8 Å². The Bertz CT molecular complexity index is 4030. The lowest BCUT2D eigenvalue weighted by Crippen LogP contribution is -2.26. The molecule has 0 bridgehead atoms. The van der Waals surface area contributed by atoms with Crippen LogP contribution in [0.3, 0.4) is 0 Å². The fourth-order valence-electron chi connectivity index (χ4n) is 11.4. The van der Waals surface area contributed by atoms with E-state index >= 15 is 0 Å². The standard InChI is InChI=1S/C24H19F3N4O.C19H15ClF2N2O.C11H13ClN2O.C9H8F2O.C4H8O/c25-15-8-9-21(29-13-15)30-22-11-20-14(12-28-22)10-17(23-18(26)6-3-7-19(23)27)24(32)31(20)16-4-1-2-5-16;20-17-9-16-11(10-23-17)8-13(18-14(21)6-3-7-15(18)22)19(25)24(16)12-4-1-2-5-12;12-11-5-10(8(7-15)6-13-11)14-9-3-1-2-4-9;1-6(12)5-7-8(10)3-2-4-9(7)11;1-2-4-5-3-1/h3,6-13,16H,1-2,4-5H2,(H,28,29,30);3,6-10,12H,1-2,4-5H2;5-7,9H,1-4H2,(H,13,14);2-4H,5H2,1H3;1-4H2. The molecule has 89 heavy (non-hydrogen) atoms.